The largest absolute Gasteiger partial charge is 0.495 e. The molecule has 0 radical (unpaired) electrons. The first-order valence-electron chi connectivity index (χ1n) is 12.7. The van der Waals surface area contributed by atoms with E-state index in [2.05, 4.69) is 50.0 Å². The second-order valence-corrected chi connectivity index (χ2v) is 10.2. The van der Waals surface area contributed by atoms with Crippen molar-refractivity contribution in [3.05, 3.63) is 52.0 Å². The molecule has 2 aromatic heterocycles. The van der Waals surface area contributed by atoms with Gasteiger partial charge >= 0.3 is 0 Å². The van der Waals surface area contributed by atoms with E-state index in [9.17, 15) is 0 Å². The molecule has 8 heteroatoms. The zero-order chi connectivity index (χ0) is 26.7. The van der Waals surface area contributed by atoms with Crippen molar-refractivity contribution in [2.45, 2.75) is 27.2 Å². The van der Waals surface area contributed by atoms with Crippen LogP contribution in [-0.4, -0.2) is 62.3 Å². The molecule has 1 N–H and O–H groups in total. The van der Waals surface area contributed by atoms with Gasteiger partial charge in [-0.15, -0.1) is 0 Å². The molecule has 37 heavy (non-hydrogen) atoms. The summed E-state index contributed by atoms with van der Waals surface area (Å²) in [6.45, 7) is 10.1. The number of ether oxygens (including phenoxy) is 1. The SMILES string of the molecule is CCN(CC)c1c(C)c(NCCCN(C)C)nc2c1c(-c1ccc(Cl)cc1)nc1cc(Cl)c(OC)cc12. The fourth-order valence-corrected chi connectivity index (χ4v) is 5.13. The second kappa shape index (κ2) is 11.7. The van der Waals surface area contributed by atoms with Crippen LogP contribution in [0.25, 0.3) is 33.1 Å². The number of hydrogen-bond acceptors (Lipinski definition) is 6. The maximum atomic E-state index is 6.54. The first kappa shape index (κ1) is 27.2. The highest BCUT2D eigenvalue weighted by atomic mass is 35.5. The van der Waals surface area contributed by atoms with Gasteiger partial charge < -0.3 is 19.9 Å². The number of nitrogens with zero attached hydrogens (tertiary/aromatic N) is 4. The summed E-state index contributed by atoms with van der Waals surface area (Å²) >= 11 is 12.8. The smallest absolute Gasteiger partial charge is 0.138 e. The molecule has 0 unspecified atom stereocenters. The first-order chi connectivity index (χ1) is 17.8. The molecule has 0 aliphatic heterocycles. The second-order valence-electron chi connectivity index (χ2n) is 9.38. The number of anilines is 2. The maximum Gasteiger partial charge on any atom is 0.138 e. The molecular weight excluding hydrogens is 505 g/mol. The van der Waals surface area contributed by atoms with Crippen molar-refractivity contribution in [2.24, 2.45) is 0 Å². The number of aromatic nitrogens is 2. The summed E-state index contributed by atoms with van der Waals surface area (Å²) in [5.41, 5.74) is 5.72. The summed E-state index contributed by atoms with van der Waals surface area (Å²) in [7, 11) is 5.81. The molecule has 0 spiro atoms. The zero-order valence-electron chi connectivity index (χ0n) is 22.5. The predicted octanol–water partition coefficient (Wildman–Crippen LogP) is 7.28. The molecule has 0 saturated carbocycles. The monoisotopic (exact) mass is 539 g/mol. The van der Waals surface area contributed by atoms with Crippen LogP contribution in [0.15, 0.2) is 36.4 Å². The van der Waals surface area contributed by atoms with Crippen LogP contribution < -0.4 is 15.0 Å². The Hall–Kier alpha value is -2.80. The average Bonchev–Trinajstić information content (AvgIpc) is 2.88. The summed E-state index contributed by atoms with van der Waals surface area (Å²) < 4.78 is 5.57. The summed E-state index contributed by atoms with van der Waals surface area (Å²) in [6, 6.07) is 11.6. The van der Waals surface area contributed by atoms with E-state index in [1.807, 2.05) is 36.4 Å². The van der Waals surface area contributed by atoms with Crippen LogP contribution in [0.1, 0.15) is 25.8 Å². The Morgan fingerprint density at radius 2 is 1.70 bits per heavy atom. The Kier molecular flexibility index (Phi) is 8.63. The van der Waals surface area contributed by atoms with Crippen molar-refractivity contribution in [3.63, 3.8) is 0 Å². The van der Waals surface area contributed by atoms with E-state index in [1.54, 1.807) is 7.11 Å². The van der Waals surface area contributed by atoms with Crippen molar-refractivity contribution in [3.8, 4) is 17.0 Å². The van der Waals surface area contributed by atoms with Gasteiger partial charge in [0, 0.05) is 41.2 Å². The number of fused-ring (bicyclic) bond motifs is 3. The number of benzene rings is 2. The standard InChI is InChI=1S/C29H35Cl2N5O/c1-7-36(8-2)28-18(3)29(32-14-9-15-35(4)5)34-27-21-16-24(37-6)22(31)17-23(21)33-26(25(27)28)19-10-12-20(30)13-11-19/h10-13,16-17H,7-9,14-15H2,1-6H3,(H,32,34). The lowest BCUT2D eigenvalue weighted by atomic mass is 9.98. The molecule has 0 saturated heterocycles. The summed E-state index contributed by atoms with van der Waals surface area (Å²) in [5, 5.41) is 6.73. The van der Waals surface area contributed by atoms with E-state index < -0.39 is 0 Å². The van der Waals surface area contributed by atoms with Crippen molar-refractivity contribution >= 4 is 56.5 Å². The van der Waals surface area contributed by atoms with E-state index in [0.29, 0.717) is 15.8 Å². The lowest BCUT2D eigenvalue weighted by Crippen LogP contribution is -2.24. The number of pyridine rings is 2. The van der Waals surface area contributed by atoms with Gasteiger partial charge in [-0.1, -0.05) is 35.3 Å². The summed E-state index contributed by atoms with van der Waals surface area (Å²) in [4.78, 5) is 14.9. The molecular formula is C29H35Cl2N5O. The summed E-state index contributed by atoms with van der Waals surface area (Å²) in [6.07, 6.45) is 1.02. The first-order valence-corrected chi connectivity index (χ1v) is 13.5. The van der Waals surface area contributed by atoms with Crippen molar-refractivity contribution in [2.75, 3.05) is 57.6 Å². The van der Waals surface area contributed by atoms with Crippen molar-refractivity contribution in [1.82, 2.24) is 14.9 Å². The summed E-state index contributed by atoms with van der Waals surface area (Å²) in [5.74, 6) is 1.49. The van der Waals surface area contributed by atoms with Gasteiger partial charge in [-0.3, -0.25) is 0 Å². The van der Waals surface area contributed by atoms with Gasteiger partial charge in [0.15, 0.2) is 0 Å². The third kappa shape index (κ3) is 5.57. The molecule has 0 aliphatic carbocycles. The van der Waals surface area contributed by atoms with Crippen molar-refractivity contribution in [1.29, 1.82) is 0 Å². The quantitative estimate of drug-likeness (QED) is 0.169. The fourth-order valence-electron chi connectivity index (χ4n) is 4.77. The Labute approximate surface area is 229 Å². The van der Waals surface area contributed by atoms with Crippen molar-refractivity contribution < 1.29 is 4.74 Å². The Morgan fingerprint density at radius 1 is 1.00 bits per heavy atom. The molecule has 4 rings (SSSR count). The average molecular weight is 541 g/mol. The van der Waals surface area contributed by atoms with E-state index in [4.69, 9.17) is 37.9 Å². The lowest BCUT2D eigenvalue weighted by molar-refractivity contribution is 0.405. The van der Waals surface area contributed by atoms with Gasteiger partial charge in [-0.2, -0.15) is 0 Å². The van der Waals surface area contributed by atoms with Crippen LogP contribution in [-0.2, 0) is 0 Å². The number of rotatable bonds is 10. The minimum atomic E-state index is 0.516. The third-order valence-corrected chi connectivity index (χ3v) is 7.22. The minimum absolute atomic E-state index is 0.516. The van der Waals surface area contributed by atoms with Crippen LogP contribution in [0.3, 0.4) is 0 Å². The van der Waals surface area contributed by atoms with Crippen LogP contribution in [0.4, 0.5) is 11.5 Å². The zero-order valence-corrected chi connectivity index (χ0v) is 24.0. The van der Waals surface area contributed by atoms with E-state index in [-0.39, 0.29) is 0 Å². The van der Waals surface area contributed by atoms with Gasteiger partial charge in [0.1, 0.15) is 11.6 Å². The van der Waals surface area contributed by atoms with Gasteiger partial charge in [0.2, 0.25) is 0 Å². The number of nitrogens with one attached hydrogen (secondary N) is 1. The highest BCUT2D eigenvalue weighted by Gasteiger charge is 2.23. The molecule has 0 amide bonds. The van der Waals surface area contributed by atoms with Crippen LogP contribution in [0, 0.1) is 6.92 Å². The van der Waals surface area contributed by atoms with Crippen LogP contribution >= 0.6 is 23.2 Å². The molecule has 0 aliphatic rings. The molecule has 0 fully saturated rings. The topological polar surface area (TPSA) is 53.5 Å². The molecule has 196 valence electrons. The minimum Gasteiger partial charge on any atom is -0.495 e. The van der Waals surface area contributed by atoms with Gasteiger partial charge in [0.05, 0.1) is 39.9 Å². The number of halogens is 2. The van der Waals surface area contributed by atoms with E-state index in [1.165, 1.54) is 0 Å². The molecule has 6 nitrogen and oxygen atoms in total. The Bertz CT molecular complexity index is 1400. The predicted molar refractivity (Wildman–Crippen MR) is 159 cm³/mol. The Balaban J connectivity index is 2.09. The highest BCUT2D eigenvalue weighted by molar-refractivity contribution is 6.33. The van der Waals surface area contributed by atoms with Crippen LogP contribution in [0.5, 0.6) is 5.75 Å². The highest BCUT2D eigenvalue weighted by Crippen LogP contribution is 2.43. The van der Waals surface area contributed by atoms with E-state index >= 15 is 0 Å². The molecule has 2 heterocycles. The molecule has 0 atom stereocenters. The molecule has 0 bridgehead atoms. The molecule has 2 aromatic carbocycles. The third-order valence-electron chi connectivity index (χ3n) is 6.67. The number of hydrogen-bond donors (Lipinski definition) is 1. The Morgan fingerprint density at radius 3 is 2.32 bits per heavy atom. The van der Waals surface area contributed by atoms with E-state index in [0.717, 1.165) is 82.7 Å². The maximum absolute atomic E-state index is 6.54. The van der Waals surface area contributed by atoms with Gasteiger partial charge in [-0.05, 0) is 72.1 Å². The number of methoxy groups -OCH3 is 1. The fraction of sp³-hybridized carbons (Fsp3) is 0.379. The van der Waals surface area contributed by atoms with Crippen LogP contribution in [0.2, 0.25) is 10.0 Å². The van der Waals surface area contributed by atoms with Gasteiger partial charge in [-0.25, -0.2) is 9.97 Å². The molecule has 4 aromatic rings. The van der Waals surface area contributed by atoms with Gasteiger partial charge in [0.25, 0.3) is 0 Å². The normalized spacial score (nSPS) is 11.5. The lowest BCUT2D eigenvalue weighted by Gasteiger charge is -2.28.